The Bertz CT molecular complexity index is 1090. The first-order chi connectivity index (χ1) is 14.4. The number of ether oxygens (including phenoxy) is 1. The highest BCUT2D eigenvalue weighted by atomic mass is 19.4. The molecule has 8 heteroatoms. The fraction of sp³-hybridized carbons (Fsp3) is 0.364. The molecule has 2 aromatic heterocycles. The number of aromatic amines is 1. The molecule has 1 aromatic carbocycles. The molecule has 158 valence electrons. The second kappa shape index (κ2) is 8.47. The van der Waals surface area contributed by atoms with Gasteiger partial charge in [0, 0.05) is 30.6 Å². The van der Waals surface area contributed by atoms with Crippen molar-refractivity contribution in [2.24, 2.45) is 0 Å². The molecule has 0 spiro atoms. The maximum Gasteiger partial charge on any atom is 0.416 e. The van der Waals surface area contributed by atoms with Crippen LogP contribution in [0.3, 0.4) is 0 Å². The van der Waals surface area contributed by atoms with Crippen LogP contribution < -0.4 is 10.3 Å². The van der Waals surface area contributed by atoms with E-state index in [9.17, 15) is 18.0 Å². The van der Waals surface area contributed by atoms with Crippen molar-refractivity contribution in [1.29, 1.82) is 0 Å². The smallest absolute Gasteiger partial charge is 0.416 e. The van der Waals surface area contributed by atoms with Gasteiger partial charge in [0.1, 0.15) is 5.65 Å². The molecule has 0 aliphatic carbocycles. The molecule has 0 radical (unpaired) electrons. The number of hydrogen-bond donors (Lipinski definition) is 1. The number of fused-ring (bicyclic) bond motifs is 2. The molecule has 0 saturated heterocycles. The molecule has 30 heavy (non-hydrogen) atoms. The molecule has 0 bridgehead atoms. The number of pyridine rings is 2. The van der Waals surface area contributed by atoms with Crippen LogP contribution >= 0.6 is 0 Å². The first-order valence-corrected chi connectivity index (χ1v) is 9.93. The predicted molar refractivity (Wildman–Crippen MR) is 108 cm³/mol. The number of benzene rings is 1. The first-order valence-electron chi connectivity index (χ1n) is 9.93. The topological polar surface area (TPSA) is 58.2 Å². The highest BCUT2D eigenvalue weighted by Gasteiger charge is 2.35. The fourth-order valence-electron chi connectivity index (χ4n) is 3.83. The second-order valence-electron chi connectivity index (χ2n) is 7.43. The van der Waals surface area contributed by atoms with Crippen LogP contribution in [0.1, 0.15) is 29.5 Å². The van der Waals surface area contributed by atoms with E-state index in [2.05, 4.69) is 14.9 Å². The quantitative estimate of drug-likeness (QED) is 0.612. The van der Waals surface area contributed by atoms with Crippen LogP contribution in [0, 0.1) is 0 Å². The lowest BCUT2D eigenvalue weighted by atomic mass is 9.94. The highest BCUT2D eigenvalue weighted by Crippen LogP contribution is 2.35. The molecular weight excluding hydrogens is 395 g/mol. The minimum Gasteiger partial charge on any atom is -0.478 e. The number of hydrogen-bond acceptors (Lipinski definition) is 4. The third kappa shape index (κ3) is 4.64. The van der Waals surface area contributed by atoms with E-state index in [1.807, 2.05) is 6.07 Å². The molecule has 0 atom stereocenters. The average molecular weight is 417 g/mol. The van der Waals surface area contributed by atoms with Crippen LogP contribution in [-0.2, 0) is 19.1 Å². The molecule has 3 aromatic rings. The summed E-state index contributed by atoms with van der Waals surface area (Å²) in [5.74, 6) is 0.455. The van der Waals surface area contributed by atoms with E-state index in [4.69, 9.17) is 4.74 Å². The third-order valence-corrected chi connectivity index (χ3v) is 5.33. The molecule has 1 aliphatic heterocycles. The Morgan fingerprint density at radius 1 is 1.10 bits per heavy atom. The van der Waals surface area contributed by atoms with E-state index in [0.29, 0.717) is 43.2 Å². The van der Waals surface area contributed by atoms with Crippen molar-refractivity contribution in [3.8, 4) is 5.88 Å². The number of nitrogens with one attached hydrogen (secondary N) is 1. The van der Waals surface area contributed by atoms with Crippen molar-refractivity contribution in [2.45, 2.75) is 32.0 Å². The highest BCUT2D eigenvalue weighted by molar-refractivity contribution is 5.74. The Hall–Kier alpha value is -2.87. The summed E-state index contributed by atoms with van der Waals surface area (Å²) in [7, 11) is 0. The summed E-state index contributed by atoms with van der Waals surface area (Å²) in [5.41, 5.74) is 0.979. The molecule has 1 N–H and O–H groups in total. The van der Waals surface area contributed by atoms with Crippen molar-refractivity contribution in [3.05, 3.63) is 69.5 Å². The van der Waals surface area contributed by atoms with Crippen LogP contribution in [0.4, 0.5) is 13.2 Å². The zero-order valence-corrected chi connectivity index (χ0v) is 16.3. The van der Waals surface area contributed by atoms with Gasteiger partial charge < -0.3 is 9.72 Å². The Morgan fingerprint density at radius 2 is 1.93 bits per heavy atom. The number of halogens is 3. The largest absolute Gasteiger partial charge is 0.478 e. The monoisotopic (exact) mass is 417 g/mol. The van der Waals surface area contributed by atoms with Crippen LogP contribution in [-0.4, -0.2) is 34.6 Å². The zero-order chi connectivity index (χ0) is 21.1. The van der Waals surface area contributed by atoms with E-state index >= 15 is 0 Å². The summed E-state index contributed by atoms with van der Waals surface area (Å²) in [6, 6.07) is 11.2. The molecule has 0 fully saturated rings. The van der Waals surface area contributed by atoms with E-state index in [1.165, 1.54) is 18.2 Å². The number of nitrogens with zero attached hydrogens (tertiary/aromatic N) is 2. The lowest BCUT2D eigenvalue weighted by Crippen LogP contribution is -2.32. The van der Waals surface area contributed by atoms with Gasteiger partial charge in [0.2, 0.25) is 11.4 Å². The van der Waals surface area contributed by atoms with Gasteiger partial charge in [0.15, 0.2) is 0 Å². The zero-order valence-electron chi connectivity index (χ0n) is 16.3. The minimum atomic E-state index is -4.30. The van der Waals surface area contributed by atoms with Gasteiger partial charge in [-0.2, -0.15) is 18.2 Å². The summed E-state index contributed by atoms with van der Waals surface area (Å²) in [6.07, 6.45) is -2.20. The van der Waals surface area contributed by atoms with Gasteiger partial charge >= 0.3 is 6.18 Å². The van der Waals surface area contributed by atoms with Gasteiger partial charge in [-0.05, 0) is 55.1 Å². The van der Waals surface area contributed by atoms with Crippen LogP contribution in [0.5, 0.6) is 5.88 Å². The lowest BCUT2D eigenvalue weighted by Gasteiger charge is -2.30. The normalized spacial score (nSPS) is 14.6. The Balaban J connectivity index is 1.26. The summed E-state index contributed by atoms with van der Waals surface area (Å²) < 4.78 is 45.1. The Labute approximate surface area is 171 Å². The van der Waals surface area contributed by atoms with Gasteiger partial charge in [0.05, 0.1) is 12.2 Å². The molecule has 4 rings (SSSR count). The molecule has 3 heterocycles. The maximum atomic E-state index is 13.2. The predicted octanol–water partition coefficient (Wildman–Crippen LogP) is 4.16. The van der Waals surface area contributed by atoms with Crippen molar-refractivity contribution >= 4 is 11.0 Å². The van der Waals surface area contributed by atoms with Crippen LogP contribution in [0.15, 0.2) is 47.3 Å². The lowest BCUT2D eigenvalue weighted by molar-refractivity contribution is -0.138. The van der Waals surface area contributed by atoms with E-state index in [1.54, 1.807) is 18.2 Å². The van der Waals surface area contributed by atoms with Gasteiger partial charge in [-0.1, -0.05) is 12.1 Å². The summed E-state index contributed by atoms with van der Waals surface area (Å²) in [5, 5.41) is 0.834. The summed E-state index contributed by atoms with van der Waals surface area (Å²) in [6.45, 7) is 2.45. The molecule has 0 unspecified atom stereocenters. The second-order valence-corrected chi connectivity index (χ2v) is 7.43. The molecular formula is C22H22F3N3O2. The number of H-pyrrole nitrogens is 1. The van der Waals surface area contributed by atoms with Gasteiger partial charge in [0.25, 0.3) is 0 Å². The summed E-state index contributed by atoms with van der Waals surface area (Å²) >= 11 is 0. The summed E-state index contributed by atoms with van der Waals surface area (Å²) in [4.78, 5) is 20.5. The van der Waals surface area contributed by atoms with Crippen molar-refractivity contribution < 1.29 is 17.9 Å². The van der Waals surface area contributed by atoms with Gasteiger partial charge in [-0.3, -0.25) is 9.69 Å². The minimum absolute atomic E-state index is 0.211. The molecule has 5 nitrogen and oxygen atoms in total. The van der Waals surface area contributed by atoms with E-state index < -0.39 is 11.7 Å². The fourth-order valence-corrected chi connectivity index (χ4v) is 3.83. The van der Waals surface area contributed by atoms with Gasteiger partial charge in [-0.15, -0.1) is 0 Å². The molecule has 0 amide bonds. The molecule has 0 saturated carbocycles. The molecule has 1 aliphatic rings. The first kappa shape index (κ1) is 20.4. The third-order valence-electron chi connectivity index (χ3n) is 5.33. The van der Waals surface area contributed by atoms with Crippen molar-refractivity contribution in [1.82, 2.24) is 14.9 Å². The van der Waals surface area contributed by atoms with Crippen LogP contribution in [0.2, 0.25) is 0 Å². The van der Waals surface area contributed by atoms with E-state index in [-0.39, 0.29) is 5.56 Å². The Kier molecular flexibility index (Phi) is 5.76. The van der Waals surface area contributed by atoms with Gasteiger partial charge in [-0.25, -0.2) is 0 Å². The number of aromatic nitrogens is 2. The maximum absolute atomic E-state index is 13.2. The standard InChI is InChI=1S/C22H22F3N3O2/c23-22(24,25)18-5-3-4-16-14-28(12-10-17(16)18)11-1-2-13-30-20-9-7-15-6-8-19(29)26-21(15)27-20/h3-9H,1-2,10-14H2,(H,26,27,29). The number of rotatable bonds is 6. The SMILES string of the molecule is O=c1ccc2ccc(OCCCCN3CCc4c(cccc4C(F)(F)F)C3)nc2[nH]1. The van der Waals surface area contributed by atoms with Crippen molar-refractivity contribution in [3.63, 3.8) is 0 Å². The Morgan fingerprint density at radius 3 is 2.77 bits per heavy atom. The van der Waals surface area contributed by atoms with Crippen LogP contribution in [0.25, 0.3) is 11.0 Å². The van der Waals surface area contributed by atoms with E-state index in [0.717, 1.165) is 30.3 Å². The number of alkyl halides is 3. The van der Waals surface area contributed by atoms with Crippen molar-refractivity contribution in [2.75, 3.05) is 19.7 Å². The average Bonchev–Trinajstić information content (AvgIpc) is 2.72. The number of unbranched alkanes of at least 4 members (excludes halogenated alkanes) is 1.